The lowest BCUT2D eigenvalue weighted by atomic mass is 9.90. The first-order valence-electron chi connectivity index (χ1n) is 9.62. The summed E-state index contributed by atoms with van der Waals surface area (Å²) in [5, 5.41) is 6.26. The van der Waals surface area contributed by atoms with E-state index in [0.717, 1.165) is 43.2 Å². The van der Waals surface area contributed by atoms with Crippen molar-refractivity contribution in [1.82, 2.24) is 15.2 Å². The number of aromatic nitrogens is 1. The number of methoxy groups -OCH3 is 1. The van der Waals surface area contributed by atoms with Crippen molar-refractivity contribution in [3.05, 3.63) is 46.4 Å². The van der Waals surface area contributed by atoms with Gasteiger partial charge in [-0.3, -0.25) is 9.69 Å². The zero-order chi connectivity index (χ0) is 19.2. The van der Waals surface area contributed by atoms with E-state index in [2.05, 4.69) is 27.3 Å². The number of likely N-dealkylation sites (tertiary alicyclic amines) is 1. The molecule has 2 aromatic rings. The van der Waals surface area contributed by atoms with Crippen LogP contribution in [0.2, 0.25) is 0 Å². The molecule has 0 aliphatic carbocycles. The number of amides is 1. The largest absolute Gasteiger partial charge is 0.497 e. The van der Waals surface area contributed by atoms with Gasteiger partial charge in [-0.25, -0.2) is 4.98 Å². The number of nitrogens with zero attached hydrogens (tertiary/aromatic N) is 2. The van der Waals surface area contributed by atoms with Crippen molar-refractivity contribution >= 4 is 17.2 Å². The van der Waals surface area contributed by atoms with Gasteiger partial charge in [0, 0.05) is 30.6 Å². The molecule has 6 heteroatoms. The van der Waals surface area contributed by atoms with Gasteiger partial charge in [-0.2, -0.15) is 0 Å². The lowest BCUT2D eigenvalue weighted by Gasteiger charge is -2.37. The molecular formula is C21H29N3O2S. The first-order chi connectivity index (χ1) is 13.1. The van der Waals surface area contributed by atoms with Crippen molar-refractivity contribution in [3.8, 4) is 5.75 Å². The molecule has 2 unspecified atom stereocenters. The number of benzene rings is 1. The second-order valence-corrected chi connectivity index (χ2v) is 8.42. The molecule has 0 bridgehead atoms. The van der Waals surface area contributed by atoms with E-state index in [-0.39, 0.29) is 17.9 Å². The zero-order valence-electron chi connectivity index (χ0n) is 16.4. The van der Waals surface area contributed by atoms with Crippen molar-refractivity contribution in [2.45, 2.75) is 39.3 Å². The van der Waals surface area contributed by atoms with Gasteiger partial charge in [0.25, 0.3) is 0 Å². The van der Waals surface area contributed by atoms with Crippen LogP contribution in [-0.2, 0) is 11.3 Å². The van der Waals surface area contributed by atoms with Crippen LogP contribution < -0.4 is 10.1 Å². The fourth-order valence-corrected chi connectivity index (χ4v) is 4.37. The van der Waals surface area contributed by atoms with E-state index in [9.17, 15) is 4.79 Å². The number of rotatable bonds is 7. The predicted molar refractivity (Wildman–Crippen MR) is 109 cm³/mol. The van der Waals surface area contributed by atoms with Crippen molar-refractivity contribution in [3.63, 3.8) is 0 Å². The average molecular weight is 388 g/mol. The standard InChI is InChI=1S/C21H29N3O2S/c1-15(2)20(25)23-19(21-22-10-12-27-21)17-5-4-11-24(14-17)13-16-6-8-18(26-3)9-7-16/h6-10,12,15,17,19H,4-5,11,13-14H2,1-3H3,(H,23,25). The molecule has 1 aliphatic rings. The molecule has 1 aromatic heterocycles. The molecular weight excluding hydrogens is 358 g/mol. The van der Waals surface area contributed by atoms with Crippen molar-refractivity contribution in [1.29, 1.82) is 0 Å². The van der Waals surface area contributed by atoms with E-state index >= 15 is 0 Å². The van der Waals surface area contributed by atoms with Crippen molar-refractivity contribution in [2.75, 3.05) is 20.2 Å². The fraction of sp³-hybridized carbons (Fsp3) is 0.524. The van der Waals surface area contributed by atoms with Gasteiger partial charge in [-0.1, -0.05) is 26.0 Å². The van der Waals surface area contributed by atoms with E-state index < -0.39 is 0 Å². The van der Waals surface area contributed by atoms with E-state index in [1.807, 2.05) is 37.6 Å². The lowest BCUT2D eigenvalue weighted by Crippen LogP contribution is -2.43. The Morgan fingerprint density at radius 2 is 2.15 bits per heavy atom. The van der Waals surface area contributed by atoms with Crippen LogP contribution in [0.25, 0.3) is 0 Å². The van der Waals surface area contributed by atoms with Crippen LogP contribution in [0.15, 0.2) is 35.8 Å². The van der Waals surface area contributed by atoms with Gasteiger partial charge in [-0.05, 0) is 43.0 Å². The minimum Gasteiger partial charge on any atom is -0.497 e. The number of nitrogens with one attached hydrogen (secondary N) is 1. The summed E-state index contributed by atoms with van der Waals surface area (Å²) in [6, 6.07) is 8.28. The van der Waals surface area contributed by atoms with Gasteiger partial charge in [0.2, 0.25) is 5.91 Å². The molecule has 1 fully saturated rings. The molecule has 1 aliphatic heterocycles. The Bertz CT molecular complexity index is 716. The Morgan fingerprint density at radius 3 is 2.78 bits per heavy atom. The number of thiazole rings is 1. The van der Waals surface area contributed by atoms with Crippen LogP contribution in [0, 0.1) is 11.8 Å². The van der Waals surface area contributed by atoms with Gasteiger partial charge in [0.1, 0.15) is 10.8 Å². The number of ether oxygens (including phenoxy) is 1. The summed E-state index contributed by atoms with van der Waals surface area (Å²) in [6.45, 7) is 6.85. The molecule has 27 heavy (non-hydrogen) atoms. The molecule has 2 atom stereocenters. The molecule has 1 saturated heterocycles. The van der Waals surface area contributed by atoms with E-state index in [0.29, 0.717) is 5.92 Å². The molecule has 0 spiro atoms. The highest BCUT2D eigenvalue weighted by molar-refractivity contribution is 7.09. The minimum atomic E-state index is -0.0218. The highest BCUT2D eigenvalue weighted by atomic mass is 32.1. The molecule has 1 N–H and O–H groups in total. The summed E-state index contributed by atoms with van der Waals surface area (Å²) in [5.74, 6) is 1.34. The lowest BCUT2D eigenvalue weighted by molar-refractivity contribution is -0.125. The Labute approximate surface area is 165 Å². The maximum Gasteiger partial charge on any atom is 0.223 e. The maximum atomic E-state index is 12.4. The maximum absolute atomic E-state index is 12.4. The summed E-state index contributed by atoms with van der Waals surface area (Å²) >= 11 is 1.63. The molecule has 1 aromatic carbocycles. The Balaban J connectivity index is 1.68. The summed E-state index contributed by atoms with van der Waals surface area (Å²) < 4.78 is 5.25. The van der Waals surface area contributed by atoms with Crippen LogP contribution in [0.5, 0.6) is 5.75 Å². The Kier molecular flexibility index (Phi) is 6.85. The van der Waals surface area contributed by atoms with Crippen molar-refractivity contribution < 1.29 is 9.53 Å². The van der Waals surface area contributed by atoms with Gasteiger partial charge in [0.05, 0.1) is 13.2 Å². The van der Waals surface area contributed by atoms with E-state index in [4.69, 9.17) is 4.74 Å². The molecule has 146 valence electrons. The molecule has 0 radical (unpaired) electrons. The topological polar surface area (TPSA) is 54.5 Å². The first-order valence-corrected chi connectivity index (χ1v) is 10.5. The quantitative estimate of drug-likeness (QED) is 0.783. The average Bonchev–Trinajstić information content (AvgIpc) is 3.21. The third kappa shape index (κ3) is 5.30. The smallest absolute Gasteiger partial charge is 0.223 e. The second kappa shape index (κ2) is 9.33. The predicted octanol–water partition coefficient (Wildman–Crippen LogP) is 3.88. The van der Waals surface area contributed by atoms with Gasteiger partial charge in [-0.15, -0.1) is 11.3 Å². The van der Waals surface area contributed by atoms with Crippen molar-refractivity contribution in [2.24, 2.45) is 11.8 Å². The molecule has 2 heterocycles. The summed E-state index contributed by atoms with van der Waals surface area (Å²) in [5.41, 5.74) is 1.29. The van der Waals surface area contributed by atoms with Gasteiger partial charge in [0.15, 0.2) is 0 Å². The monoisotopic (exact) mass is 387 g/mol. The van der Waals surface area contributed by atoms with Gasteiger partial charge < -0.3 is 10.1 Å². The third-order valence-corrected chi connectivity index (χ3v) is 5.98. The van der Waals surface area contributed by atoms with E-state index in [1.54, 1.807) is 18.4 Å². The summed E-state index contributed by atoms with van der Waals surface area (Å²) in [6.07, 6.45) is 4.08. The van der Waals surface area contributed by atoms with Crippen LogP contribution in [0.4, 0.5) is 0 Å². The summed E-state index contributed by atoms with van der Waals surface area (Å²) in [4.78, 5) is 19.4. The van der Waals surface area contributed by atoms with Crippen LogP contribution in [0.3, 0.4) is 0 Å². The number of piperidine rings is 1. The van der Waals surface area contributed by atoms with Crippen LogP contribution in [-0.4, -0.2) is 36.0 Å². The van der Waals surface area contributed by atoms with E-state index in [1.165, 1.54) is 5.56 Å². The van der Waals surface area contributed by atoms with Crippen LogP contribution >= 0.6 is 11.3 Å². The number of carbonyl (C=O) groups is 1. The highest BCUT2D eigenvalue weighted by Gasteiger charge is 2.31. The molecule has 3 rings (SSSR count). The highest BCUT2D eigenvalue weighted by Crippen LogP contribution is 2.32. The summed E-state index contributed by atoms with van der Waals surface area (Å²) in [7, 11) is 1.69. The number of hydrogen-bond acceptors (Lipinski definition) is 5. The second-order valence-electron chi connectivity index (χ2n) is 7.50. The number of carbonyl (C=O) groups excluding carboxylic acids is 1. The Hall–Kier alpha value is -1.92. The zero-order valence-corrected chi connectivity index (χ0v) is 17.2. The minimum absolute atomic E-state index is 0.00133. The molecule has 1 amide bonds. The Morgan fingerprint density at radius 1 is 1.37 bits per heavy atom. The van der Waals surface area contributed by atoms with Gasteiger partial charge >= 0.3 is 0 Å². The third-order valence-electron chi connectivity index (χ3n) is 5.12. The molecule has 0 saturated carbocycles. The molecule has 5 nitrogen and oxygen atoms in total. The first kappa shape index (κ1) is 19.8. The number of hydrogen-bond donors (Lipinski definition) is 1. The fourth-order valence-electron chi connectivity index (χ4n) is 3.59. The SMILES string of the molecule is COc1ccc(CN2CCCC(C(NC(=O)C(C)C)c3nccs3)C2)cc1. The normalized spacial score (nSPS) is 19.0. The van der Waals surface area contributed by atoms with Crippen LogP contribution in [0.1, 0.15) is 43.3 Å².